The van der Waals surface area contributed by atoms with Gasteiger partial charge >= 0.3 is 0 Å². The third kappa shape index (κ3) is 1.80. The van der Waals surface area contributed by atoms with Crippen LogP contribution in [0.1, 0.15) is 5.56 Å². The molecule has 1 aliphatic heterocycles. The minimum atomic E-state index is 0.836. The molecule has 0 spiro atoms. The zero-order valence-electron chi connectivity index (χ0n) is 9.36. The van der Waals surface area contributed by atoms with E-state index < -0.39 is 0 Å². The molecular weight excluding hydrogens is 276 g/mol. The lowest BCUT2D eigenvalue weighted by Gasteiger charge is -2.21. The van der Waals surface area contributed by atoms with E-state index in [0.29, 0.717) is 0 Å². The Balaban J connectivity index is 2.07. The normalized spacial score (nSPS) is 13.8. The van der Waals surface area contributed by atoms with Crippen molar-refractivity contribution >= 4 is 33.0 Å². The van der Waals surface area contributed by atoms with E-state index in [1.807, 2.05) is 18.2 Å². The molecule has 2 aromatic rings. The summed E-state index contributed by atoms with van der Waals surface area (Å²) >= 11 is 3.51. The van der Waals surface area contributed by atoms with Crippen molar-refractivity contribution in [3.8, 4) is 0 Å². The van der Waals surface area contributed by atoms with Crippen molar-refractivity contribution in [3.05, 3.63) is 52.5 Å². The van der Waals surface area contributed by atoms with E-state index in [1.165, 1.54) is 11.3 Å². The molecule has 0 radical (unpaired) electrons. The Hall–Kier alpha value is -1.48. The first kappa shape index (κ1) is 10.7. The van der Waals surface area contributed by atoms with E-state index in [9.17, 15) is 0 Å². The van der Waals surface area contributed by atoms with Gasteiger partial charge < -0.3 is 10.6 Å². The molecule has 86 valence electrons. The van der Waals surface area contributed by atoms with E-state index >= 15 is 0 Å². The van der Waals surface area contributed by atoms with Gasteiger partial charge in [-0.3, -0.25) is 0 Å². The molecule has 0 saturated carbocycles. The molecular formula is C14H13BrN2. The van der Waals surface area contributed by atoms with E-state index in [-0.39, 0.29) is 0 Å². The van der Waals surface area contributed by atoms with Gasteiger partial charge in [-0.25, -0.2) is 0 Å². The summed E-state index contributed by atoms with van der Waals surface area (Å²) in [6.07, 6.45) is 1.07. The maximum atomic E-state index is 6.04. The van der Waals surface area contributed by atoms with Gasteiger partial charge in [-0.1, -0.05) is 28.1 Å². The SMILES string of the molecule is Nc1ccccc1N1CCc2cc(Br)ccc21. The van der Waals surface area contributed by atoms with Gasteiger partial charge in [0.2, 0.25) is 0 Å². The van der Waals surface area contributed by atoms with Crippen LogP contribution in [0, 0.1) is 0 Å². The fraction of sp³-hybridized carbons (Fsp3) is 0.143. The predicted molar refractivity (Wildman–Crippen MR) is 75.7 cm³/mol. The molecule has 2 N–H and O–H groups in total. The average Bonchev–Trinajstić information content (AvgIpc) is 2.72. The Labute approximate surface area is 109 Å². The molecule has 0 amide bonds. The number of fused-ring (bicyclic) bond motifs is 1. The second-order valence-electron chi connectivity index (χ2n) is 4.23. The lowest BCUT2D eigenvalue weighted by atomic mass is 10.2. The number of hydrogen-bond acceptors (Lipinski definition) is 2. The van der Waals surface area contributed by atoms with Crippen LogP contribution in [0.3, 0.4) is 0 Å². The summed E-state index contributed by atoms with van der Waals surface area (Å²) in [6, 6.07) is 14.4. The predicted octanol–water partition coefficient (Wildman–Crippen LogP) is 3.73. The van der Waals surface area contributed by atoms with Crippen molar-refractivity contribution < 1.29 is 0 Å². The monoisotopic (exact) mass is 288 g/mol. The summed E-state index contributed by atoms with van der Waals surface area (Å²) in [5, 5.41) is 0. The smallest absolute Gasteiger partial charge is 0.0644 e. The number of nitrogens with two attached hydrogens (primary N) is 1. The first-order valence-electron chi connectivity index (χ1n) is 5.66. The number of hydrogen-bond donors (Lipinski definition) is 1. The molecule has 3 rings (SSSR count). The zero-order chi connectivity index (χ0) is 11.8. The molecule has 2 aromatic carbocycles. The molecule has 0 atom stereocenters. The fourth-order valence-electron chi connectivity index (χ4n) is 2.35. The van der Waals surface area contributed by atoms with Gasteiger partial charge in [0, 0.05) is 16.7 Å². The highest BCUT2D eigenvalue weighted by molar-refractivity contribution is 9.10. The van der Waals surface area contributed by atoms with Gasteiger partial charge in [0.25, 0.3) is 0 Å². The van der Waals surface area contributed by atoms with Crippen LogP contribution in [-0.4, -0.2) is 6.54 Å². The second-order valence-corrected chi connectivity index (χ2v) is 5.15. The van der Waals surface area contributed by atoms with Gasteiger partial charge in [0.15, 0.2) is 0 Å². The molecule has 0 bridgehead atoms. The van der Waals surface area contributed by atoms with E-state index in [1.54, 1.807) is 0 Å². The van der Waals surface area contributed by atoms with Crippen molar-refractivity contribution in [2.24, 2.45) is 0 Å². The summed E-state index contributed by atoms with van der Waals surface area (Å²) in [4.78, 5) is 2.29. The standard InChI is InChI=1S/C14H13BrN2/c15-11-5-6-13-10(9-11)7-8-17(13)14-4-2-1-3-12(14)16/h1-6,9H,7-8,16H2. The maximum absolute atomic E-state index is 6.04. The summed E-state index contributed by atoms with van der Waals surface area (Å²) in [5.74, 6) is 0. The third-order valence-electron chi connectivity index (χ3n) is 3.16. The fourth-order valence-corrected chi connectivity index (χ4v) is 2.76. The summed E-state index contributed by atoms with van der Waals surface area (Å²) in [7, 11) is 0. The number of rotatable bonds is 1. The molecule has 0 fully saturated rings. The van der Waals surface area contributed by atoms with Gasteiger partial charge in [-0.15, -0.1) is 0 Å². The molecule has 3 heteroatoms. The lowest BCUT2D eigenvalue weighted by molar-refractivity contribution is 0.999. The van der Waals surface area contributed by atoms with Crippen LogP contribution in [0.2, 0.25) is 0 Å². The molecule has 0 saturated heterocycles. The van der Waals surface area contributed by atoms with Crippen LogP contribution in [-0.2, 0) is 6.42 Å². The minimum Gasteiger partial charge on any atom is -0.397 e. The van der Waals surface area contributed by atoms with Crippen LogP contribution in [0.5, 0.6) is 0 Å². The summed E-state index contributed by atoms with van der Waals surface area (Å²) in [6.45, 7) is 1.00. The topological polar surface area (TPSA) is 29.3 Å². The Kier molecular flexibility index (Phi) is 2.56. The first-order chi connectivity index (χ1) is 8.25. The number of anilines is 3. The summed E-state index contributed by atoms with van der Waals surface area (Å²) < 4.78 is 1.14. The third-order valence-corrected chi connectivity index (χ3v) is 3.66. The molecule has 1 aliphatic rings. The molecule has 17 heavy (non-hydrogen) atoms. The quantitative estimate of drug-likeness (QED) is 0.811. The number of halogens is 1. The average molecular weight is 289 g/mol. The number of nitrogen functional groups attached to an aromatic ring is 1. The van der Waals surface area contributed by atoms with Crippen molar-refractivity contribution in [2.45, 2.75) is 6.42 Å². The van der Waals surface area contributed by atoms with Gasteiger partial charge in [-0.05, 0) is 42.3 Å². The van der Waals surface area contributed by atoms with Gasteiger partial charge in [0.1, 0.15) is 0 Å². The number of nitrogens with zero attached hydrogens (tertiary/aromatic N) is 1. The lowest BCUT2D eigenvalue weighted by Crippen LogP contribution is -2.14. The summed E-state index contributed by atoms with van der Waals surface area (Å²) in [5.41, 5.74) is 10.6. The Morgan fingerprint density at radius 3 is 2.71 bits per heavy atom. The highest BCUT2D eigenvalue weighted by Gasteiger charge is 2.21. The molecule has 0 aromatic heterocycles. The largest absolute Gasteiger partial charge is 0.397 e. The van der Waals surface area contributed by atoms with Crippen molar-refractivity contribution in [1.82, 2.24) is 0 Å². The second kappa shape index (κ2) is 4.08. The van der Waals surface area contributed by atoms with E-state index in [2.05, 4.69) is 45.1 Å². The van der Waals surface area contributed by atoms with E-state index in [0.717, 1.165) is 28.8 Å². The molecule has 2 nitrogen and oxygen atoms in total. The van der Waals surface area contributed by atoms with Gasteiger partial charge in [0.05, 0.1) is 11.4 Å². The Morgan fingerprint density at radius 2 is 1.88 bits per heavy atom. The van der Waals surface area contributed by atoms with Crippen LogP contribution in [0.15, 0.2) is 46.9 Å². The van der Waals surface area contributed by atoms with Crippen LogP contribution >= 0.6 is 15.9 Å². The zero-order valence-corrected chi connectivity index (χ0v) is 10.9. The number of benzene rings is 2. The van der Waals surface area contributed by atoms with E-state index in [4.69, 9.17) is 5.73 Å². The van der Waals surface area contributed by atoms with Gasteiger partial charge in [-0.2, -0.15) is 0 Å². The molecule has 1 heterocycles. The van der Waals surface area contributed by atoms with Crippen molar-refractivity contribution in [3.63, 3.8) is 0 Å². The Bertz CT molecular complexity index is 566. The highest BCUT2D eigenvalue weighted by atomic mass is 79.9. The van der Waals surface area contributed by atoms with Crippen molar-refractivity contribution in [2.75, 3.05) is 17.2 Å². The first-order valence-corrected chi connectivity index (χ1v) is 6.45. The maximum Gasteiger partial charge on any atom is 0.0644 e. The van der Waals surface area contributed by atoms with Crippen LogP contribution < -0.4 is 10.6 Å². The highest BCUT2D eigenvalue weighted by Crippen LogP contribution is 2.38. The van der Waals surface area contributed by atoms with Crippen LogP contribution in [0.4, 0.5) is 17.1 Å². The minimum absolute atomic E-state index is 0.836. The molecule has 0 unspecified atom stereocenters. The number of para-hydroxylation sites is 2. The van der Waals surface area contributed by atoms with Crippen molar-refractivity contribution in [1.29, 1.82) is 0 Å². The van der Waals surface area contributed by atoms with Crippen LogP contribution in [0.25, 0.3) is 0 Å². The Morgan fingerprint density at radius 1 is 1.06 bits per heavy atom. The molecule has 0 aliphatic carbocycles.